The number of ether oxygens (including phenoxy) is 1. The Balaban J connectivity index is 2.55. The van der Waals surface area contributed by atoms with Gasteiger partial charge < -0.3 is 4.74 Å². The average Bonchev–Trinajstić information content (AvgIpc) is 2.03. The van der Waals surface area contributed by atoms with Crippen LogP contribution >= 0.6 is 0 Å². The third-order valence-corrected chi connectivity index (χ3v) is 2.36. The van der Waals surface area contributed by atoms with Gasteiger partial charge in [0.05, 0.1) is 0 Å². The smallest absolute Gasteiger partial charge is 0.302 e. The van der Waals surface area contributed by atoms with Crippen LogP contribution in [-0.2, 0) is 9.53 Å². The first-order valence-electron chi connectivity index (χ1n) is 4.63. The topological polar surface area (TPSA) is 26.3 Å². The highest BCUT2D eigenvalue weighted by Crippen LogP contribution is 2.24. The summed E-state index contributed by atoms with van der Waals surface area (Å²) in [6.07, 6.45) is 8.23. The van der Waals surface area contributed by atoms with E-state index in [1.807, 2.05) is 19.1 Å². The molecule has 0 spiro atoms. The second-order valence-electron chi connectivity index (χ2n) is 3.52. The van der Waals surface area contributed by atoms with E-state index in [1.54, 1.807) is 0 Å². The molecule has 0 saturated heterocycles. The molecule has 0 aliphatic heterocycles. The van der Waals surface area contributed by atoms with Crippen molar-refractivity contribution in [2.45, 2.75) is 26.9 Å². The Kier molecular flexibility index (Phi) is 3.29. The van der Waals surface area contributed by atoms with Crippen molar-refractivity contribution in [3.8, 4) is 0 Å². The van der Waals surface area contributed by atoms with Gasteiger partial charge in [-0.2, -0.15) is 0 Å². The maximum absolute atomic E-state index is 10.7. The van der Waals surface area contributed by atoms with Crippen LogP contribution in [-0.4, -0.2) is 12.1 Å². The minimum absolute atomic E-state index is 0.0336. The predicted molar refractivity (Wildman–Crippen MR) is 52.2 cm³/mol. The summed E-state index contributed by atoms with van der Waals surface area (Å²) in [5.74, 6) is 0.552. The molecule has 0 saturated carbocycles. The van der Waals surface area contributed by atoms with E-state index in [4.69, 9.17) is 4.74 Å². The van der Waals surface area contributed by atoms with E-state index in [9.17, 15) is 4.79 Å². The van der Waals surface area contributed by atoms with Gasteiger partial charge in [-0.15, -0.1) is 0 Å². The zero-order valence-electron chi connectivity index (χ0n) is 8.36. The first kappa shape index (κ1) is 10.0. The number of allylic oxidation sites excluding steroid dienone is 3. The van der Waals surface area contributed by atoms with Gasteiger partial charge in [0, 0.05) is 12.8 Å². The highest BCUT2D eigenvalue weighted by atomic mass is 16.5. The Labute approximate surface area is 79.3 Å². The first-order valence-corrected chi connectivity index (χ1v) is 4.63. The van der Waals surface area contributed by atoms with Gasteiger partial charge in [-0.05, 0) is 12.8 Å². The molecule has 0 aromatic heterocycles. The van der Waals surface area contributed by atoms with Crippen molar-refractivity contribution in [2.24, 2.45) is 11.8 Å². The van der Waals surface area contributed by atoms with Crippen LogP contribution in [0.1, 0.15) is 20.8 Å². The van der Waals surface area contributed by atoms with Crippen molar-refractivity contribution in [1.82, 2.24) is 0 Å². The van der Waals surface area contributed by atoms with Gasteiger partial charge >= 0.3 is 5.97 Å². The van der Waals surface area contributed by atoms with Crippen molar-refractivity contribution in [1.29, 1.82) is 0 Å². The minimum atomic E-state index is -0.206. The number of hydrogen-bond donors (Lipinski definition) is 0. The van der Waals surface area contributed by atoms with E-state index >= 15 is 0 Å². The Hall–Kier alpha value is -1.05. The normalized spacial score (nSPS) is 28.5. The Bertz CT molecular complexity index is 240. The van der Waals surface area contributed by atoms with Crippen molar-refractivity contribution in [3.63, 3.8) is 0 Å². The fourth-order valence-corrected chi connectivity index (χ4v) is 1.66. The lowest BCUT2D eigenvalue weighted by Gasteiger charge is -2.26. The van der Waals surface area contributed by atoms with E-state index < -0.39 is 0 Å². The summed E-state index contributed by atoms with van der Waals surface area (Å²) in [5, 5.41) is 0. The molecule has 0 amide bonds. The summed E-state index contributed by atoms with van der Waals surface area (Å²) in [7, 11) is 0. The quantitative estimate of drug-likeness (QED) is 0.609. The van der Waals surface area contributed by atoms with E-state index in [0.717, 1.165) is 0 Å². The molecule has 0 aromatic rings. The second kappa shape index (κ2) is 4.26. The van der Waals surface area contributed by atoms with Crippen molar-refractivity contribution < 1.29 is 9.53 Å². The molecular weight excluding hydrogens is 164 g/mol. The molecule has 1 aliphatic carbocycles. The molecule has 0 aromatic carbocycles. The lowest BCUT2D eigenvalue weighted by molar-refractivity contribution is -0.147. The number of carbonyl (C=O) groups is 1. The third kappa shape index (κ3) is 2.72. The molecule has 1 aliphatic rings. The summed E-state index contributed by atoms with van der Waals surface area (Å²) < 4.78 is 5.14. The maximum atomic E-state index is 10.7. The summed E-state index contributed by atoms with van der Waals surface area (Å²) >= 11 is 0. The zero-order valence-corrected chi connectivity index (χ0v) is 8.36. The van der Waals surface area contributed by atoms with Gasteiger partial charge in [0.15, 0.2) is 0 Å². The Morgan fingerprint density at radius 2 is 2.00 bits per heavy atom. The monoisotopic (exact) mass is 180 g/mol. The van der Waals surface area contributed by atoms with Crippen LogP contribution < -0.4 is 0 Å². The molecule has 1 rings (SSSR count). The van der Waals surface area contributed by atoms with Gasteiger partial charge in [0.25, 0.3) is 0 Å². The fraction of sp³-hybridized carbons (Fsp3) is 0.545. The largest absolute Gasteiger partial charge is 0.462 e. The van der Waals surface area contributed by atoms with Crippen molar-refractivity contribution in [2.75, 3.05) is 0 Å². The van der Waals surface area contributed by atoms with E-state index in [0.29, 0.717) is 11.8 Å². The van der Waals surface area contributed by atoms with Crippen LogP contribution in [0.25, 0.3) is 0 Å². The number of carbonyl (C=O) groups excluding carboxylic acids is 1. The third-order valence-electron chi connectivity index (χ3n) is 2.36. The van der Waals surface area contributed by atoms with Crippen molar-refractivity contribution in [3.05, 3.63) is 24.3 Å². The molecule has 0 bridgehead atoms. The fourth-order valence-electron chi connectivity index (χ4n) is 1.66. The van der Waals surface area contributed by atoms with Crippen LogP contribution in [0.15, 0.2) is 24.3 Å². The Morgan fingerprint density at radius 1 is 1.38 bits per heavy atom. The minimum Gasteiger partial charge on any atom is -0.462 e. The lowest BCUT2D eigenvalue weighted by Crippen LogP contribution is -2.26. The highest BCUT2D eigenvalue weighted by Gasteiger charge is 2.22. The summed E-state index contributed by atoms with van der Waals surface area (Å²) in [6.45, 7) is 5.51. The number of hydrogen-bond acceptors (Lipinski definition) is 2. The molecule has 13 heavy (non-hydrogen) atoms. The van der Waals surface area contributed by atoms with Crippen LogP contribution in [0.4, 0.5) is 0 Å². The molecule has 3 atom stereocenters. The summed E-state index contributed by atoms with van der Waals surface area (Å²) in [6, 6.07) is 0. The lowest BCUT2D eigenvalue weighted by atomic mass is 9.86. The molecule has 3 unspecified atom stereocenters. The van der Waals surface area contributed by atoms with E-state index in [2.05, 4.69) is 19.1 Å². The van der Waals surface area contributed by atoms with E-state index in [1.165, 1.54) is 6.92 Å². The summed E-state index contributed by atoms with van der Waals surface area (Å²) in [4.78, 5) is 10.7. The molecule has 2 nitrogen and oxygen atoms in total. The SMILES string of the molecule is CC(=O)OC(C)C1C=CC=CC1C. The van der Waals surface area contributed by atoms with Crippen molar-refractivity contribution >= 4 is 5.97 Å². The van der Waals surface area contributed by atoms with Gasteiger partial charge in [-0.25, -0.2) is 0 Å². The average molecular weight is 180 g/mol. The summed E-state index contributed by atoms with van der Waals surface area (Å²) in [5.41, 5.74) is 0. The van der Waals surface area contributed by atoms with Crippen LogP contribution in [0.5, 0.6) is 0 Å². The maximum Gasteiger partial charge on any atom is 0.302 e. The van der Waals surface area contributed by atoms with Crippen LogP contribution in [0.3, 0.4) is 0 Å². The predicted octanol–water partition coefficient (Wildman–Crippen LogP) is 2.32. The van der Waals surface area contributed by atoms with Gasteiger partial charge in [-0.3, -0.25) is 4.79 Å². The van der Waals surface area contributed by atoms with Gasteiger partial charge in [0.2, 0.25) is 0 Å². The molecule has 0 radical (unpaired) electrons. The molecule has 0 N–H and O–H groups in total. The second-order valence-corrected chi connectivity index (χ2v) is 3.52. The molecule has 0 fully saturated rings. The molecular formula is C11H16O2. The van der Waals surface area contributed by atoms with Gasteiger partial charge in [-0.1, -0.05) is 31.2 Å². The van der Waals surface area contributed by atoms with Crippen LogP contribution in [0.2, 0.25) is 0 Å². The standard InChI is InChI=1S/C11H16O2/c1-8-6-4-5-7-11(8)9(2)13-10(3)12/h4-9,11H,1-3H3. The zero-order chi connectivity index (χ0) is 9.84. The Morgan fingerprint density at radius 3 is 2.54 bits per heavy atom. The molecule has 0 heterocycles. The van der Waals surface area contributed by atoms with E-state index in [-0.39, 0.29) is 12.1 Å². The van der Waals surface area contributed by atoms with Gasteiger partial charge in [0.1, 0.15) is 6.10 Å². The number of esters is 1. The molecule has 72 valence electrons. The number of rotatable bonds is 2. The first-order chi connectivity index (χ1) is 6.11. The van der Waals surface area contributed by atoms with Crippen LogP contribution in [0, 0.1) is 11.8 Å². The molecule has 2 heteroatoms. The highest BCUT2D eigenvalue weighted by molar-refractivity contribution is 5.66.